The Morgan fingerprint density at radius 1 is 0.371 bits per heavy atom. The van der Waals surface area contributed by atoms with Gasteiger partial charge in [-0.25, -0.2) is 0 Å². The molecule has 0 fully saturated rings. The molecule has 0 aliphatic rings. The molecule has 0 aromatic heterocycles. The number of rotatable bonds is 4. The number of benzene rings is 4. The van der Waals surface area contributed by atoms with Gasteiger partial charge in [0.15, 0.2) is 0 Å². The Labute approximate surface area is 241 Å². The Morgan fingerprint density at radius 3 is 0.857 bits per heavy atom. The van der Waals surface area contributed by atoms with Crippen LogP contribution in [-0.4, -0.2) is 0 Å². The van der Waals surface area contributed by atoms with Crippen molar-refractivity contribution in [3.8, 4) is 0 Å². The Balaban J connectivity index is 0.000000240. The van der Waals surface area contributed by atoms with Crippen LogP contribution in [0.4, 0.5) is 0 Å². The summed E-state index contributed by atoms with van der Waals surface area (Å²) in [4.78, 5) is 2.96. The predicted molar refractivity (Wildman–Crippen MR) is 158 cm³/mol. The number of hydrogen-bond donors (Lipinski definition) is 0. The van der Waals surface area contributed by atoms with Crippen LogP contribution in [-0.2, 0) is 67.0 Å². The molecule has 182 valence electrons. The van der Waals surface area contributed by atoms with E-state index < -0.39 is 0 Å². The molecule has 0 atom stereocenters. The van der Waals surface area contributed by atoms with E-state index in [2.05, 4.69) is 38.1 Å². The molecule has 0 spiro atoms. The summed E-state index contributed by atoms with van der Waals surface area (Å²) in [6, 6.07) is 36.1. The summed E-state index contributed by atoms with van der Waals surface area (Å²) >= 11 is 21.7. The summed E-state index contributed by atoms with van der Waals surface area (Å²) in [6.07, 6.45) is 0. The van der Waals surface area contributed by atoms with Gasteiger partial charge in [0.1, 0.15) is 0 Å². The van der Waals surface area contributed by atoms with Gasteiger partial charge in [-0.2, -0.15) is 19.6 Å². The third kappa shape index (κ3) is 8.42. The van der Waals surface area contributed by atoms with Crippen molar-refractivity contribution in [3.05, 3.63) is 143 Å². The van der Waals surface area contributed by atoms with E-state index in [-0.39, 0.29) is 16.5 Å². The van der Waals surface area contributed by atoms with Crippen molar-refractivity contribution in [2.45, 2.75) is 13.8 Å². The van der Waals surface area contributed by atoms with E-state index in [1.807, 2.05) is 84.9 Å². The molecule has 0 N–H and O–H groups in total. The topological polar surface area (TPSA) is 0 Å². The van der Waals surface area contributed by atoms with Crippen LogP contribution < -0.4 is 0 Å². The fourth-order valence-corrected chi connectivity index (χ4v) is 4.13. The van der Waals surface area contributed by atoms with Crippen molar-refractivity contribution in [3.63, 3.8) is 0 Å². The van der Waals surface area contributed by atoms with E-state index in [1.165, 1.54) is 11.1 Å². The van der Waals surface area contributed by atoms with Crippen LogP contribution in [0.25, 0.3) is 19.6 Å². The van der Waals surface area contributed by atoms with E-state index in [0.717, 1.165) is 41.9 Å². The molecule has 0 radical (unpaired) electrons. The van der Waals surface area contributed by atoms with Crippen molar-refractivity contribution in [1.82, 2.24) is 0 Å². The second-order valence-electron chi connectivity index (χ2n) is 7.78. The largest absolute Gasteiger partial charge is 0.781 e. The SMILES string of the molecule is Cc1ccc(C([S-])=C([S-])c2ccccc2)cc1.Cc1ccc(C([S-])=C([S-])c2ccccc2)cc1.[Ni]. The Hall–Kier alpha value is -2.27. The summed E-state index contributed by atoms with van der Waals surface area (Å²) in [5.74, 6) is 0. The molecule has 0 heterocycles. The van der Waals surface area contributed by atoms with Crippen LogP contribution in [0, 0.1) is 13.8 Å². The van der Waals surface area contributed by atoms with E-state index in [0.29, 0.717) is 0 Å². The molecule has 0 saturated carbocycles. The van der Waals surface area contributed by atoms with Crippen LogP contribution in [0.5, 0.6) is 0 Å². The van der Waals surface area contributed by atoms with Crippen molar-refractivity contribution in [1.29, 1.82) is 0 Å². The first kappa shape index (κ1) is 29.0. The summed E-state index contributed by atoms with van der Waals surface area (Å²) in [7, 11) is 0. The molecule has 0 aliphatic heterocycles. The summed E-state index contributed by atoms with van der Waals surface area (Å²) in [5.41, 5.74) is 6.49. The van der Waals surface area contributed by atoms with Gasteiger partial charge in [-0.1, -0.05) is 120 Å². The molecule has 4 aromatic carbocycles. The zero-order valence-electron chi connectivity index (χ0n) is 19.3. The number of hydrogen-bond acceptors (Lipinski definition) is 4. The normalized spacial score (nSPS) is 11.7. The van der Waals surface area contributed by atoms with Crippen molar-refractivity contribution in [2.24, 2.45) is 0 Å². The second kappa shape index (κ2) is 14.3. The molecular weight excluding hydrogens is 547 g/mol. The molecule has 0 nitrogen and oxygen atoms in total. The third-order valence-electron chi connectivity index (χ3n) is 5.11. The van der Waals surface area contributed by atoms with Crippen molar-refractivity contribution in [2.75, 3.05) is 0 Å². The van der Waals surface area contributed by atoms with Crippen molar-refractivity contribution >= 4 is 70.1 Å². The fourth-order valence-electron chi connectivity index (χ4n) is 3.11. The molecular formula is C30H24NiS4-4. The standard InChI is InChI=1S/2C15H14S2.Ni/c2*1-11-7-9-13(10-8-11)15(17)14(16)12-5-3-2-4-6-12;/h2*2-10,16-17H,1H3;/p-4. The second-order valence-corrected chi connectivity index (χ2v) is 9.41. The van der Waals surface area contributed by atoms with Crippen LogP contribution in [0.1, 0.15) is 33.4 Å². The average Bonchev–Trinajstić information content (AvgIpc) is 2.89. The summed E-state index contributed by atoms with van der Waals surface area (Å²) in [5, 5.41) is 0. The molecule has 0 amide bonds. The first-order valence-corrected chi connectivity index (χ1v) is 12.4. The smallest absolute Gasteiger partial charge is 0 e. The zero-order valence-corrected chi connectivity index (χ0v) is 23.6. The van der Waals surface area contributed by atoms with Crippen LogP contribution in [0.3, 0.4) is 0 Å². The minimum absolute atomic E-state index is 0. The minimum Gasteiger partial charge on any atom is -0.781 e. The van der Waals surface area contributed by atoms with Gasteiger partial charge in [0.2, 0.25) is 0 Å². The fraction of sp³-hybridized carbons (Fsp3) is 0.0667. The first-order chi connectivity index (χ1) is 16.4. The molecule has 0 aliphatic carbocycles. The summed E-state index contributed by atoms with van der Waals surface area (Å²) in [6.45, 7) is 4.12. The minimum atomic E-state index is 0. The Kier molecular flexibility index (Phi) is 11.9. The van der Waals surface area contributed by atoms with Crippen LogP contribution in [0.2, 0.25) is 0 Å². The third-order valence-corrected chi connectivity index (χ3v) is 7.13. The maximum absolute atomic E-state index is 5.43. The zero-order chi connectivity index (χ0) is 24.5. The molecule has 4 aromatic rings. The van der Waals surface area contributed by atoms with Gasteiger partial charge in [0.05, 0.1) is 0 Å². The molecule has 0 bridgehead atoms. The maximum Gasteiger partial charge on any atom is 0 e. The monoisotopic (exact) mass is 570 g/mol. The van der Waals surface area contributed by atoms with Gasteiger partial charge in [-0.15, -0.1) is 0 Å². The van der Waals surface area contributed by atoms with Gasteiger partial charge in [0.25, 0.3) is 0 Å². The molecule has 35 heavy (non-hydrogen) atoms. The average molecular weight is 571 g/mol. The van der Waals surface area contributed by atoms with Crippen molar-refractivity contribution < 1.29 is 16.5 Å². The molecule has 5 heteroatoms. The van der Waals surface area contributed by atoms with Crippen LogP contribution >= 0.6 is 0 Å². The van der Waals surface area contributed by atoms with E-state index in [9.17, 15) is 0 Å². The Morgan fingerprint density at radius 2 is 0.600 bits per heavy atom. The van der Waals surface area contributed by atoms with E-state index in [4.69, 9.17) is 50.5 Å². The molecule has 4 rings (SSSR count). The summed E-state index contributed by atoms with van der Waals surface area (Å²) < 4.78 is 0. The maximum atomic E-state index is 5.43. The Bertz CT molecular complexity index is 1160. The van der Waals surface area contributed by atoms with Gasteiger partial charge >= 0.3 is 0 Å². The number of aryl methyl sites for hydroxylation is 2. The predicted octanol–water partition coefficient (Wildman–Crippen LogP) is 7.83. The molecule has 0 saturated heterocycles. The molecule has 0 unspecified atom stereocenters. The van der Waals surface area contributed by atoms with E-state index in [1.54, 1.807) is 0 Å². The van der Waals surface area contributed by atoms with Gasteiger partial charge < -0.3 is 50.5 Å². The van der Waals surface area contributed by atoms with Gasteiger partial charge in [-0.3, -0.25) is 0 Å². The van der Waals surface area contributed by atoms with Gasteiger partial charge in [-0.05, 0) is 36.1 Å². The van der Waals surface area contributed by atoms with Gasteiger partial charge in [0, 0.05) is 16.5 Å². The quantitative estimate of drug-likeness (QED) is 0.139. The van der Waals surface area contributed by atoms with E-state index >= 15 is 0 Å². The van der Waals surface area contributed by atoms with Crippen LogP contribution in [0.15, 0.2) is 109 Å². The first-order valence-electron chi connectivity index (χ1n) is 10.8.